The first-order valence-electron chi connectivity index (χ1n) is 19.8. The molecule has 0 atom stereocenters. The number of hydrogen-bond donors (Lipinski definition) is 0. The van der Waals surface area contributed by atoms with E-state index >= 15 is 0 Å². The molecular weight excluding hydrogens is 703 g/mol. The largest absolute Gasteiger partial charge is 0.455 e. The van der Waals surface area contributed by atoms with Gasteiger partial charge in [-0.3, -0.25) is 0 Å². The van der Waals surface area contributed by atoms with Gasteiger partial charge in [0.05, 0.1) is 5.69 Å². The maximum absolute atomic E-state index is 7.12. The zero-order valence-electron chi connectivity index (χ0n) is 31.7. The Balaban J connectivity index is 1.17. The summed E-state index contributed by atoms with van der Waals surface area (Å²) >= 11 is 0. The molecule has 0 aliphatic heterocycles. The Kier molecular flexibility index (Phi) is 8.19. The molecule has 11 aromatic rings. The second kappa shape index (κ2) is 14.1. The first-order chi connectivity index (χ1) is 28.8. The summed E-state index contributed by atoms with van der Waals surface area (Å²) in [7, 11) is 0. The summed E-state index contributed by atoms with van der Waals surface area (Å²) in [5.74, 6) is 0. The van der Waals surface area contributed by atoms with Crippen molar-refractivity contribution in [2.45, 2.75) is 0 Å². The highest BCUT2D eigenvalue weighted by molar-refractivity contribution is 6.32. The van der Waals surface area contributed by atoms with Crippen LogP contribution in [0.25, 0.3) is 88.0 Å². The van der Waals surface area contributed by atoms with E-state index < -0.39 is 0 Å². The highest BCUT2D eigenvalue weighted by atomic mass is 16.3. The molecule has 58 heavy (non-hydrogen) atoms. The maximum Gasteiger partial charge on any atom is 0.143 e. The zero-order chi connectivity index (χ0) is 38.4. The van der Waals surface area contributed by atoms with E-state index in [4.69, 9.17) is 4.42 Å². The summed E-state index contributed by atoms with van der Waals surface area (Å²) in [6.45, 7) is 0. The molecule has 2 nitrogen and oxygen atoms in total. The molecule has 0 amide bonds. The van der Waals surface area contributed by atoms with E-state index in [1.807, 2.05) is 0 Å². The van der Waals surface area contributed by atoms with Gasteiger partial charge in [-0.25, -0.2) is 0 Å². The van der Waals surface area contributed by atoms with Gasteiger partial charge in [-0.2, -0.15) is 0 Å². The topological polar surface area (TPSA) is 16.4 Å². The molecule has 0 aliphatic rings. The lowest BCUT2D eigenvalue weighted by molar-refractivity contribution is 0.673. The highest BCUT2D eigenvalue weighted by Crippen LogP contribution is 2.48. The van der Waals surface area contributed by atoms with Crippen molar-refractivity contribution in [3.8, 4) is 44.5 Å². The Morgan fingerprint density at radius 1 is 0.276 bits per heavy atom. The average Bonchev–Trinajstić information content (AvgIpc) is 3.71. The van der Waals surface area contributed by atoms with Crippen molar-refractivity contribution in [3.05, 3.63) is 224 Å². The number of anilines is 3. The molecule has 11 rings (SSSR count). The van der Waals surface area contributed by atoms with Crippen LogP contribution in [0.4, 0.5) is 17.1 Å². The van der Waals surface area contributed by atoms with Gasteiger partial charge in [0.25, 0.3) is 0 Å². The first-order valence-corrected chi connectivity index (χ1v) is 19.8. The molecule has 1 heterocycles. The van der Waals surface area contributed by atoms with Crippen LogP contribution in [0.5, 0.6) is 0 Å². The highest BCUT2D eigenvalue weighted by Gasteiger charge is 2.23. The third-order valence-corrected chi connectivity index (χ3v) is 11.5. The van der Waals surface area contributed by atoms with Gasteiger partial charge in [0.2, 0.25) is 0 Å². The van der Waals surface area contributed by atoms with Crippen LogP contribution in [-0.2, 0) is 0 Å². The molecule has 0 saturated heterocycles. The molecule has 0 aliphatic carbocycles. The van der Waals surface area contributed by atoms with Gasteiger partial charge in [0.15, 0.2) is 0 Å². The van der Waals surface area contributed by atoms with Crippen molar-refractivity contribution in [2.75, 3.05) is 4.90 Å². The van der Waals surface area contributed by atoms with Gasteiger partial charge in [0, 0.05) is 33.6 Å². The standard InChI is InChI=1S/C56H37NO/c1-4-14-38(15-5-1)41-24-26-44(27-25-41)52-36-47(37-53-54(52)55-50-22-12-10-20-48(50)49-21-11-13-23-51(49)56(55)58-53)57(45-32-28-42(29-33-45)39-16-6-2-7-17-39)46-34-30-43(31-35-46)40-18-8-3-9-19-40/h1-37H. The van der Waals surface area contributed by atoms with Crippen molar-refractivity contribution >= 4 is 60.5 Å². The molecule has 0 bridgehead atoms. The van der Waals surface area contributed by atoms with E-state index in [1.54, 1.807) is 0 Å². The van der Waals surface area contributed by atoms with Crippen LogP contribution in [0.15, 0.2) is 229 Å². The summed E-state index contributed by atoms with van der Waals surface area (Å²) in [6, 6.07) is 80.4. The predicted octanol–water partition coefficient (Wildman–Crippen LogP) is 16.0. The molecular formula is C56H37NO. The van der Waals surface area contributed by atoms with E-state index in [0.29, 0.717) is 0 Å². The van der Waals surface area contributed by atoms with Crippen molar-refractivity contribution in [3.63, 3.8) is 0 Å². The van der Waals surface area contributed by atoms with Gasteiger partial charge < -0.3 is 9.32 Å². The molecule has 0 fully saturated rings. The molecule has 10 aromatic carbocycles. The third kappa shape index (κ3) is 5.82. The second-order valence-corrected chi connectivity index (χ2v) is 14.9. The average molecular weight is 740 g/mol. The van der Waals surface area contributed by atoms with Gasteiger partial charge >= 0.3 is 0 Å². The summed E-state index contributed by atoms with van der Waals surface area (Å²) in [5, 5.41) is 6.98. The van der Waals surface area contributed by atoms with E-state index in [9.17, 15) is 0 Å². The lowest BCUT2D eigenvalue weighted by Gasteiger charge is -2.27. The molecule has 0 spiro atoms. The molecule has 272 valence electrons. The first kappa shape index (κ1) is 33.6. The van der Waals surface area contributed by atoms with E-state index in [-0.39, 0.29) is 0 Å². The quantitative estimate of drug-likeness (QED) is 0.151. The van der Waals surface area contributed by atoms with Gasteiger partial charge in [-0.15, -0.1) is 0 Å². The Hall–Kier alpha value is -7.68. The lowest BCUT2D eigenvalue weighted by Crippen LogP contribution is -2.10. The number of benzene rings is 10. The summed E-state index contributed by atoms with van der Waals surface area (Å²) in [4.78, 5) is 2.36. The molecule has 0 saturated carbocycles. The number of rotatable bonds is 7. The predicted molar refractivity (Wildman–Crippen MR) is 245 cm³/mol. The van der Waals surface area contributed by atoms with Gasteiger partial charge in [-0.1, -0.05) is 188 Å². The number of nitrogens with zero attached hydrogens (tertiary/aromatic N) is 1. The number of fused-ring (bicyclic) bond motifs is 8. The Labute approximate surface area is 337 Å². The second-order valence-electron chi connectivity index (χ2n) is 14.9. The van der Waals surface area contributed by atoms with Gasteiger partial charge in [-0.05, 0) is 91.0 Å². The molecule has 0 unspecified atom stereocenters. The maximum atomic E-state index is 7.12. The van der Waals surface area contributed by atoms with Crippen molar-refractivity contribution in [1.82, 2.24) is 0 Å². The van der Waals surface area contributed by atoms with Crippen LogP contribution in [0.3, 0.4) is 0 Å². The van der Waals surface area contributed by atoms with Crippen LogP contribution in [-0.4, -0.2) is 0 Å². The van der Waals surface area contributed by atoms with Crippen LogP contribution in [0.1, 0.15) is 0 Å². The molecule has 1 aromatic heterocycles. The minimum absolute atomic E-state index is 0.850. The minimum atomic E-state index is 0.850. The van der Waals surface area contributed by atoms with Crippen molar-refractivity contribution < 1.29 is 4.42 Å². The van der Waals surface area contributed by atoms with Crippen molar-refractivity contribution in [2.24, 2.45) is 0 Å². The monoisotopic (exact) mass is 739 g/mol. The Bertz CT molecular complexity index is 3140. The molecule has 2 heteroatoms. The van der Waals surface area contributed by atoms with Crippen LogP contribution >= 0.6 is 0 Å². The summed E-state index contributed by atoms with van der Waals surface area (Å²) in [6.07, 6.45) is 0. The van der Waals surface area contributed by atoms with E-state index in [2.05, 4.69) is 229 Å². The molecule has 0 N–H and O–H groups in total. The smallest absolute Gasteiger partial charge is 0.143 e. The normalized spacial score (nSPS) is 11.4. The number of furan rings is 1. The van der Waals surface area contributed by atoms with Crippen LogP contribution < -0.4 is 4.90 Å². The van der Waals surface area contributed by atoms with Crippen LogP contribution in [0, 0.1) is 0 Å². The van der Waals surface area contributed by atoms with E-state index in [0.717, 1.165) is 55.5 Å². The fraction of sp³-hybridized carbons (Fsp3) is 0. The molecule has 0 radical (unpaired) electrons. The fourth-order valence-corrected chi connectivity index (χ4v) is 8.66. The fourth-order valence-electron chi connectivity index (χ4n) is 8.66. The zero-order valence-corrected chi connectivity index (χ0v) is 31.7. The summed E-state index contributed by atoms with van der Waals surface area (Å²) in [5.41, 5.74) is 14.3. The summed E-state index contributed by atoms with van der Waals surface area (Å²) < 4.78 is 7.12. The SMILES string of the molecule is c1ccc(-c2ccc(-c3cc(N(c4ccc(-c5ccccc5)cc4)c4ccc(-c5ccccc5)cc4)cc4oc5c6ccccc6c6ccccc6c5c34)cc2)cc1. The minimum Gasteiger partial charge on any atom is -0.455 e. The Morgan fingerprint density at radius 2 is 0.655 bits per heavy atom. The van der Waals surface area contributed by atoms with Crippen LogP contribution in [0.2, 0.25) is 0 Å². The number of hydrogen-bond acceptors (Lipinski definition) is 2. The third-order valence-electron chi connectivity index (χ3n) is 11.5. The van der Waals surface area contributed by atoms with E-state index in [1.165, 1.54) is 49.5 Å². The lowest BCUT2D eigenvalue weighted by atomic mass is 9.92. The van der Waals surface area contributed by atoms with Crippen molar-refractivity contribution in [1.29, 1.82) is 0 Å². The Morgan fingerprint density at radius 3 is 1.16 bits per heavy atom. The van der Waals surface area contributed by atoms with Gasteiger partial charge in [0.1, 0.15) is 11.2 Å².